The molecule has 0 atom stereocenters. The van der Waals surface area contributed by atoms with E-state index in [2.05, 4.69) is 5.32 Å². The van der Waals surface area contributed by atoms with Gasteiger partial charge in [-0.25, -0.2) is 0 Å². The number of amides is 1. The molecule has 0 aromatic heterocycles. The lowest BCUT2D eigenvalue weighted by Gasteiger charge is -2.07. The summed E-state index contributed by atoms with van der Waals surface area (Å²) in [4.78, 5) is 11.5. The lowest BCUT2D eigenvalue weighted by Crippen LogP contribution is -2.15. The summed E-state index contributed by atoms with van der Waals surface area (Å²) < 4.78 is 0. The third-order valence-corrected chi connectivity index (χ3v) is 3.25. The second-order valence-electron chi connectivity index (χ2n) is 3.01. The van der Waals surface area contributed by atoms with Crippen LogP contribution in [-0.4, -0.2) is 24.0 Å². The SMILES string of the molecule is NCCSCC(=O)Nc1cc(Cl)ccc1Cl. The summed E-state index contributed by atoms with van der Waals surface area (Å²) in [5, 5.41) is 3.70. The van der Waals surface area contributed by atoms with Gasteiger partial charge in [0.25, 0.3) is 0 Å². The maximum Gasteiger partial charge on any atom is 0.234 e. The number of hydrogen-bond acceptors (Lipinski definition) is 3. The van der Waals surface area contributed by atoms with Gasteiger partial charge < -0.3 is 11.1 Å². The first-order valence-electron chi connectivity index (χ1n) is 4.66. The van der Waals surface area contributed by atoms with Crippen molar-refractivity contribution in [2.45, 2.75) is 0 Å². The number of anilines is 1. The molecule has 0 fully saturated rings. The van der Waals surface area contributed by atoms with Crippen LogP contribution in [0.25, 0.3) is 0 Å². The Bertz CT molecular complexity index is 374. The van der Waals surface area contributed by atoms with Crippen LogP contribution in [0.1, 0.15) is 0 Å². The number of nitrogens with two attached hydrogens (primary N) is 1. The number of rotatable bonds is 5. The fourth-order valence-corrected chi connectivity index (χ4v) is 1.93. The molecule has 0 saturated heterocycles. The van der Waals surface area contributed by atoms with Crippen molar-refractivity contribution >= 4 is 46.6 Å². The van der Waals surface area contributed by atoms with E-state index in [1.165, 1.54) is 11.8 Å². The van der Waals surface area contributed by atoms with Crippen LogP contribution >= 0.6 is 35.0 Å². The third-order valence-electron chi connectivity index (χ3n) is 1.70. The maximum atomic E-state index is 11.5. The minimum absolute atomic E-state index is 0.109. The van der Waals surface area contributed by atoms with Crippen LogP contribution in [0, 0.1) is 0 Å². The Morgan fingerprint density at radius 3 is 2.88 bits per heavy atom. The molecule has 3 nitrogen and oxygen atoms in total. The molecule has 3 N–H and O–H groups in total. The van der Waals surface area contributed by atoms with E-state index in [9.17, 15) is 4.79 Å². The molecule has 0 aliphatic rings. The number of nitrogens with one attached hydrogen (secondary N) is 1. The zero-order valence-corrected chi connectivity index (χ0v) is 10.8. The highest BCUT2D eigenvalue weighted by Gasteiger charge is 2.06. The van der Waals surface area contributed by atoms with E-state index in [1.54, 1.807) is 18.2 Å². The molecule has 1 aromatic rings. The quantitative estimate of drug-likeness (QED) is 0.815. The molecule has 0 spiro atoms. The highest BCUT2D eigenvalue weighted by molar-refractivity contribution is 7.99. The zero-order chi connectivity index (χ0) is 12.0. The van der Waals surface area contributed by atoms with Crippen molar-refractivity contribution in [2.24, 2.45) is 5.73 Å². The number of halogens is 2. The molecule has 0 aliphatic heterocycles. The zero-order valence-electron chi connectivity index (χ0n) is 8.50. The van der Waals surface area contributed by atoms with Crippen molar-refractivity contribution in [1.29, 1.82) is 0 Å². The number of thioether (sulfide) groups is 1. The molecule has 88 valence electrons. The Balaban J connectivity index is 2.52. The van der Waals surface area contributed by atoms with E-state index in [1.807, 2.05) is 0 Å². The molecule has 0 unspecified atom stereocenters. The molecule has 0 saturated carbocycles. The summed E-state index contributed by atoms with van der Waals surface area (Å²) in [5.74, 6) is 1.01. The van der Waals surface area contributed by atoms with E-state index in [0.29, 0.717) is 28.0 Å². The molecule has 1 rings (SSSR count). The average Bonchev–Trinajstić information content (AvgIpc) is 2.24. The van der Waals surface area contributed by atoms with Crippen LogP contribution in [0.3, 0.4) is 0 Å². The van der Waals surface area contributed by atoms with Gasteiger partial charge >= 0.3 is 0 Å². The second-order valence-corrected chi connectivity index (χ2v) is 4.96. The fourth-order valence-electron chi connectivity index (χ4n) is 1.03. The second kappa shape index (κ2) is 7.01. The molecule has 0 bridgehead atoms. The Morgan fingerprint density at radius 2 is 2.19 bits per heavy atom. The first-order valence-corrected chi connectivity index (χ1v) is 6.57. The number of benzene rings is 1. The Hall–Kier alpha value is -0.420. The maximum absolute atomic E-state index is 11.5. The molecular formula is C10H12Cl2N2OS. The monoisotopic (exact) mass is 278 g/mol. The normalized spacial score (nSPS) is 10.2. The Labute approximate surface area is 109 Å². The topological polar surface area (TPSA) is 55.1 Å². The van der Waals surface area contributed by atoms with Crippen LogP contribution in [0.15, 0.2) is 18.2 Å². The van der Waals surface area contributed by atoms with Crippen molar-refractivity contribution in [3.63, 3.8) is 0 Å². The van der Waals surface area contributed by atoms with E-state index < -0.39 is 0 Å². The summed E-state index contributed by atoms with van der Waals surface area (Å²) >= 11 is 13.2. The number of carbonyl (C=O) groups is 1. The first-order chi connectivity index (χ1) is 7.63. The van der Waals surface area contributed by atoms with E-state index in [-0.39, 0.29) is 5.91 Å². The van der Waals surface area contributed by atoms with Crippen LogP contribution in [0.4, 0.5) is 5.69 Å². The minimum Gasteiger partial charge on any atom is -0.330 e. The van der Waals surface area contributed by atoms with Gasteiger partial charge in [-0.3, -0.25) is 4.79 Å². The van der Waals surface area contributed by atoms with Crippen molar-refractivity contribution < 1.29 is 4.79 Å². The summed E-state index contributed by atoms with van der Waals surface area (Å²) in [6, 6.07) is 4.94. The summed E-state index contributed by atoms with van der Waals surface area (Å²) in [5.41, 5.74) is 5.85. The smallest absolute Gasteiger partial charge is 0.234 e. The van der Waals surface area contributed by atoms with Gasteiger partial charge in [0.15, 0.2) is 0 Å². The third kappa shape index (κ3) is 4.61. The number of carbonyl (C=O) groups excluding carboxylic acids is 1. The van der Waals surface area contributed by atoms with Crippen LogP contribution < -0.4 is 11.1 Å². The van der Waals surface area contributed by atoms with Crippen molar-refractivity contribution in [3.05, 3.63) is 28.2 Å². The standard InChI is InChI=1S/C10H12Cl2N2OS/c11-7-1-2-8(12)9(5-7)14-10(15)6-16-4-3-13/h1-2,5H,3-4,6,13H2,(H,14,15). The van der Waals surface area contributed by atoms with Gasteiger partial charge in [0.2, 0.25) is 5.91 Å². The van der Waals surface area contributed by atoms with Crippen LogP contribution in [0.2, 0.25) is 10.0 Å². The number of hydrogen-bond donors (Lipinski definition) is 2. The highest BCUT2D eigenvalue weighted by atomic mass is 35.5. The van der Waals surface area contributed by atoms with Gasteiger partial charge in [0.1, 0.15) is 0 Å². The predicted molar refractivity (Wildman–Crippen MR) is 71.5 cm³/mol. The lowest BCUT2D eigenvalue weighted by molar-refractivity contribution is -0.113. The molecule has 0 radical (unpaired) electrons. The molecule has 0 heterocycles. The minimum atomic E-state index is -0.109. The van der Waals surface area contributed by atoms with Crippen LogP contribution in [0.5, 0.6) is 0 Å². The lowest BCUT2D eigenvalue weighted by atomic mass is 10.3. The largest absolute Gasteiger partial charge is 0.330 e. The summed E-state index contributed by atoms with van der Waals surface area (Å²) in [6.45, 7) is 0.565. The first kappa shape index (κ1) is 13.6. The average molecular weight is 279 g/mol. The summed E-state index contributed by atoms with van der Waals surface area (Å²) in [6.07, 6.45) is 0. The Morgan fingerprint density at radius 1 is 1.44 bits per heavy atom. The van der Waals surface area contributed by atoms with Crippen LogP contribution in [-0.2, 0) is 4.79 Å². The van der Waals surface area contributed by atoms with Gasteiger partial charge in [-0.15, -0.1) is 0 Å². The molecule has 0 aliphatic carbocycles. The van der Waals surface area contributed by atoms with Gasteiger partial charge in [0.05, 0.1) is 16.5 Å². The van der Waals surface area contributed by atoms with Gasteiger partial charge in [0, 0.05) is 17.3 Å². The highest BCUT2D eigenvalue weighted by Crippen LogP contribution is 2.25. The predicted octanol–water partition coefficient (Wildman–Crippen LogP) is 2.62. The van der Waals surface area contributed by atoms with Gasteiger partial charge in [-0.05, 0) is 18.2 Å². The van der Waals surface area contributed by atoms with Crippen molar-refractivity contribution in [1.82, 2.24) is 0 Å². The van der Waals surface area contributed by atoms with Gasteiger partial charge in [-0.2, -0.15) is 11.8 Å². The van der Waals surface area contributed by atoms with E-state index in [4.69, 9.17) is 28.9 Å². The molecular weight excluding hydrogens is 267 g/mol. The molecule has 6 heteroatoms. The Kier molecular flexibility index (Phi) is 5.98. The van der Waals surface area contributed by atoms with Gasteiger partial charge in [-0.1, -0.05) is 23.2 Å². The van der Waals surface area contributed by atoms with Crippen molar-refractivity contribution in [3.8, 4) is 0 Å². The molecule has 16 heavy (non-hydrogen) atoms. The molecule has 1 aromatic carbocycles. The van der Waals surface area contributed by atoms with E-state index in [0.717, 1.165) is 5.75 Å². The van der Waals surface area contributed by atoms with E-state index >= 15 is 0 Å². The molecule has 1 amide bonds. The summed E-state index contributed by atoms with van der Waals surface area (Å²) in [7, 11) is 0. The van der Waals surface area contributed by atoms with Crippen molar-refractivity contribution in [2.75, 3.05) is 23.4 Å². The fraction of sp³-hybridized carbons (Fsp3) is 0.300.